The first-order valence-electron chi connectivity index (χ1n) is 8.75. The minimum Gasteiger partial charge on any atom is -0.497 e. The largest absolute Gasteiger partial charge is 0.497 e. The molecular weight excluding hydrogens is 316 g/mol. The second-order valence-electron chi connectivity index (χ2n) is 6.14. The van der Waals surface area contributed by atoms with Crippen LogP contribution in [0.1, 0.15) is 35.3 Å². The van der Waals surface area contributed by atoms with Gasteiger partial charge in [0.1, 0.15) is 11.4 Å². The van der Waals surface area contributed by atoms with E-state index < -0.39 is 0 Å². The summed E-state index contributed by atoms with van der Waals surface area (Å²) in [7, 11) is 1.65. The summed E-state index contributed by atoms with van der Waals surface area (Å²) in [6, 6.07) is 9.52. The second kappa shape index (κ2) is 8.46. The highest BCUT2D eigenvalue weighted by Crippen LogP contribution is 2.15. The van der Waals surface area contributed by atoms with Crippen LogP contribution in [0.4, 0.5) is 5.95 Å². The van der Waals surface area contributed by atoms with Crippen molar-refractivity contribution in [3.63, 3.8) is 0 Å². The molecular formula is C19H24N4O2. The fourth-order valence-electron chi connectivity index (χ4n) is 2.92. The van der Waals surface area contributed by atoms with Gasteiger partial charge in [-0.05, 0) is 49.4 Å². The molecule has 1 aliphatic heterocycles. The highest BCUT2D eigenvalue weighted by molar-refractivity contribution is 5.92. The minimum atomic E-state index is -0.158. The van der Waals surface area contributed by atoms with Crippen LogP contribution in [-0.2, 0) is 6.42 Å². The summed E-state index contributed by atoms with van der Waals surface area (Å²) in [6.07, 6.45) is 5.99. The van der Waals surface area contributed by atoms with Crippen LogP contribution in [-0.4, -0.2) is 42.6 Å². The van der Waals surface area contributed by atoms with Crippen molar-refractivity contribution in [1.82, 2.24) is 15.3 Å². The Morgan fingerprint density at radius 1 is 1.16 bits per heavy atom. The van der Waals surface area contributed by atoms with Crippen LogP contribution >= 0.6 is 0 Å². The summed E-state index contributed by atoms with van der Waals surface area (Å²) in [5.74, 6) is 1.33. The molecule has 6 heteroatoms. The number of hydrogen-bond donors (Lipinski definition) is 1. The molecule has 0 spiro atoms. The normalized spacial score (nSPS) is 14.2. The predicted octanol–water partition coefficient (Wildman–Crippen LogP) is 2.45. The van der Waals surface area contributed by atoms with E-state index in [-0.39, 0.29) is 5.91 Å². The Balaban J connectivity index is 1.53. The lowest BCUT2D eigenvalue weighted by Gasteiger charge is -2.26. The zero-order chi connectivity index (χ0) is 17.5. The summed E-state index contributed by atoms with van der Waals surface area (Å²) in [5, 5.41) is 2.93. The maximum atomic E-state index is 12.3. The molecule has 1 aliphatic rings. The van der Waals surface area contributed by atoms with Crippen LogP contribution < -0.4 is 15.0 Å². The SMILES string of the molecule is COc1ccc(CCNC(=O)c2ccnc(N3CCCCC3)n2)cc1. The number of methoxy groups -OCH3 is 1. The van der Waals surface area contributed by atoms with Gasteiger partial charge in [0.05, 0.1) is 7.11 Å². The molecule has 132 valence electrons. The number of ether oxygens (including phenoxy) is 1. The molecule has 25 heavy (non-hydrogen) atoms. The molecule has 2 heterocycles. The first kappa shape index (κ1) is 17.2. The van der Waals surface area contributed by atoms with Crippen LogP contribution in [0.5, 0.6) is 5.75 Å². The lowest BCUT2D eigenvalue weighted by molar-refractivity contribution is 0.0949. The number of benzene rings is 1. The van der Waals surface area contributed by atoms with Crippen molar-refractivity contribution < 1.29 is 9.53 Å². The van der Waals surface area contributed by atoms with E-state index in [0.717, 1.165) is 43.7 Å². The average Bonchev–Trinajstić information content (AvgIpc) is 2.69. The van der Waals surface area contributed by atoms with E-state index in [1.807, 2.05) is 24.3 Å². The van der Waals surface area contributed by atoms with Crippen molar-refractivity contribution in [2.24, 2.45) is 0 Å². The van der Waals surface area contributed by atoms with Gasteiger partial charge in [0.25, 0.3) is 5.91 Å². The first-order chi connectivity index (χ1) is 12.3. The van der Waals surface area contributed by atoms with E-state index >= 15 is 0 Å². The van der Waals surface area contributed by atoms with Gasteiger partial charge in [-0.25, -0.2) is 9.97 Å². The molecule has 1 N–H and O–H groups in total. The molecule has 1 aromatic carbocycles. The van der Waals surface area contributed by atoms with Crippen LogP contribution in [0, 0.1) is 0 Å². The fourth-order valence-corrected chi connectivity index (χ4v) is 2.92. The van der Waals surface area contributed by atoms with Crippen molar-refractivity contribution in [2.45, 2.75) is 25.7 Å². The maximum absolute atomic E-state index is 12.3. The second-order valence-corrected chi connectivity index (χ2v) is 6.14. The van der Waals surface area contributed by atoms with Crippen LogP contribution in [0.3, 0.4) is 0 Å². The Bertz CT molecular complexity index is 697. The molecule has 0 aliphatic carbocycles. The lowest BCUT2D eigenvalue weighted by Crippen LogP contribution is -2.32. The molecule has 3 rings (SSSR count). The molecule has 1 fully saturated rings. The average molecular weight is 340 g/mol. The van der Waals surface area contributed by atoms with Gasteiger partial charge in [-0.2, -0.15) is 0 Å². The van der Waals surface area contributed by atoms with Gasteiger partial charge in [-0.1, -0.05) is 12.1 Å². The molecule has 6 nitrogen and oxygen atoms in total. The van der Waals surface area contributed by atoms with E-state index in [1.54, 1.807) is 19.4 Å². The van der Waals surface area contributed by atoms with E-state index in [0.29, 0.717) is 18.2 Å². The number of amides is 1. The highest BCUT2D eigenvalue weighted by atomic mass is 16.5. The zero-order valence-electron chi connectivity index (χ0n) is 14.6. The number of nitrogens with one attached hydrogen (secondary N) is 1. The number of carbonyl (C=O) groups is 1. The summed E-state index contributed by atoms with van der Waals surface area (Å²) in [4.78, 5) is 23.2. The maximum Gasteiger partial charge on any atom is 0.270 e. The van der Waals surface area contributed by atoms with Gasteiger partial charge in [-0.15, -0.1) is 0 Å². The number of rotatable bonds is 6. The summed E-state index contributed by atoms with van der Waals surface area (Å²) in [5.41, 5.74) is 1.57. The molecule has 0 bridgehead atoms. The van der Waals surface area contributed by atoms with Crippen LogP contribution in [0.25, 0.3) is 0 Å². The van der Waals surface area contributed by atoms with Gasteiger partial charge in [-0.3, -0.25) is 4.79 Å². The first-order valence-corrected chi connectivity index (χ1v) is 8.75. The Hall–Kier alpha value is -2.63. The molecule has 0 atom stereocenters. The zero-order valence-corrected chi connectivity index (χ0v) is 14.6. The molecule has 0 saturated carbocycles. The Labute approximate surface area is 148 Å². The summed E-state index contributed by atoms with van der Waals surface area (Å²) in [6.45, 7) is 2.49. The topological polar surface area (TPSA) is 67.3 Å². The van der Waals surface area contributed by atoms with Gasteiger partial charge in [0.15, 0.2) is 0 Å². The van der Waals surface area contributed by atoms with E-state index in [1.165, 1.54) is 6.42 Å². The third-order valence-corrected chi connectivity index (χ3v) is 4.37. The number of nitrogens with zero attached hydrogens (tertiary/aromatic N) is 3. The molecule has 0 unspecified atom stereocenters. The van der Waals surface area contributed by atoms with Gasteiger partial charge in [0.2, 0.25) is 5.95 Å². The standard InChI is InChI=1S/C19H24N4O2/c1-25-16-7-5-15(6-8-16)9-11-20-18(24)17-10-12-21-19(22-17)23-13-3-2-4-14-23/h5-8,10,12H,2-4,9,11,13-14H2,1H3,(H,20,24). The van der Waals surface area contributed by atoms with Gasteiger partial charge in [0, 0.05) is 25.8 Å². The molecule has 0 radical (unpaired) electrons. The van der Waals surface area contributed by atoms with Gasteiger partial charge < -0.3 is 15.0 Å². The molecule has 1 amide bonds. The Morgan fingerprint density at radius 3 is 2.64 bits per heavy atom. The number of piperidine rings is 1. The minimum absolute atomic E-state index is 0.158. The quantitative estimate of drug-likeness (QED) is 0.875. The summed E-state index contributed by atoms with van der Waals surface area (Å²) >= 11 is 0. The van der Waals surface area contributed by atoms with E-state index in [2.05, 4.69) is 20.2 Å². The van der Waals surface area contributed by atoms with Gasteiger partial charge >= 0.3 is 0 Å². The number of aromatic nitrogens is 2. The highest BCUT2D eigenvalue weighted by Gasteiger charge is 2.15. The molecule has 2 aromatic rings. The smallest absolute Gasteiger partial charge is 0.270 e. The van der Waals surface area contributed by atoms with Crippen LogP contribution in [0.15, 0.2) is 36.5 Å². The van der Waals surface area contributed by atoms with Crippen molar-refractivity contribution in [3.05, 3.63) is 47.8 Å². The number of hydrogen-bond acceptors (Lipinski definition) is 5. The van der Waals surface area contributed by atoms with Crippen molar-refractivity contribution in [2.75, 3.05) is 31.6 Å². The van der Waals surface area contributed by atoms with E-state index in [4.69, 9.17) is 4.74 Å². The molecule has 1 aromatic heterocycles. The Morgan fingerprint density at radius 2 is 1.92 bits per heavy atom. The van der Waals surface area contributed by atoms with Crippen molar-refractivity contribution in [3.8, 4) is 5.75 Å². The van der Waals surface area contributed by atoms with Crippen LogP contribution in [0.2, 0.25) is 0 Å². The lowest BCUT2D eigenvalue weighted by atomic mass is 10.1. The third-order valence-electron chi connectivity index (χ3n) is 4.37. The van der Waals surface area contributed by atoms with Crippen molar-refractivity contribution >= 4 is 11.9 Å². The Kier molecular flexibility index (Phi) is 5.82. The fraction of sp³-hybridized carbons (Fsp3) is 0.421. The van der Waals surface area contributed by atoms with Crippen molar-refractivity contribution in [1.29, 1.82) is 0 Å². The monoisotopic (exact) mass is 340 g/mol. The number of anilines is 1. The summed E-state index contributed by atoms with van der Waals surface area (Å²) < 4.78 is 5.14. The number of carbonyl (C=O) groups excluding carboxylic acids is 1. The predicted molar refractivity (Wildman–Crippen MR) is 97.1 cm³/mol. The van der Waals surface area contributed by atoms with E-state index in [9.17, 15) is 4.79 Å². The molecule has 1 saturated heterocycles. The third kappa shape index (κ3) is 4.68.